The van der Waals surface area contributed by atoms with Gasteiger partial charge in [0.25, 0.3) is 6.71 Å². The van der Waals surface area contributed by atoms with Crippen LogP contribution in [-0.4, -0.2) is 6.71 Å². The van der Waals surface area contributed by atoms with E-state index in [0.29, 0.717) is 0 Å². The summed E-state index contributed by atoms with van der Waals surface area (Å²) >= 11 is 0. The molecule has 7 aromatic rings. The van der Waals surface area contributed by atoms with Gasteiger partial charge in [-0.25, -0.2) is 4.39 Å². The number of aryl methyl sites for hydroxylation is 1. The first-order valence-electron chi connectivity index (χ1n) is 28.4. The fourth-order valence-corrected chi connectivity index (χ4v) is 14.4. The maximum atomic E-state index is 14.2. The molecule has 0 saturated heterocycles. The molecule has 7 aromatic carbocycles. The topological polar surface area (TPSA) is 6.48 Å². The Bertz CT molecular complexity index is 3500. The van der Waals surface area contributed by atoms with Gasteiger partial charge in [-0.1, -0.05) is 165 Å². The molecule has 2 aliphatic heterocycles. The van der Waals surface area contributed by atoms with E-state index in [1.54, 1.807) is 12.1 Å². The summed E-state index contributed by atoms with van der Waals surface area (Å²) < 4.78 is 14.2. The molecule has 0 saturated carbocycles. The number of benzene rings is 7. The molecule has 0 radical (unpaired) electrons. The maximum absolute atomic E-state index is 14.2. The highest BCUT2D eigenvalue weighted by molar-refractivity contribution is 7.00. The molecule has 0 N–H and O–H groups in total. The molecule has 0 atom stereocenters. The van der Waals surface area contributed by atoms with Gasteiger partial charge in [0, 0.05) is 34.0 Å². The summed E-state index contributed by atoms with van der Waals surface area (Å²) in [6.07, 6.45) is 6.94. The summed E-state index contributed by atoms with van der Waals surface area (Å²) in [6.45, 7) is 39.0. The summed E-state index contributed by atoms with van der Waals surface area (Å²) in [5.41, 5.74) is 27.8. The molecule has 0 unspecified atom stereocenters. The van der Waals surface area contributed by atoms with Crippen molar-refractivity contribution in [1.82, 2.24) is 0 Å². The fourth-order valence-electron chi connectivity index (χ4n) is 14.4. The van der Waals surface area contributed by atoms with Crippen molar-refractivity contribution in [1.29, 1.82) is 0 Å². The standard InChI is InChI=1S/C71H80BFN2/c1-43-35-62-64-63(36-43)75(59-41-55-53(68(9,10)31-33-70(55,13)14)39-50(59)46-19-17-44(18-20-46)45-21-24-48(73)25-22-45)60-37-47(65(2,3)4)23-28-57(60)72(64)58-40-54-56(71(15,16)34-32-69(54,11)12)42-61(58)74(62)49-26-27-51-52(38-49)67(7,8)30-29-66(51,5)6/h17-28,35-42H,29-34H2,1-16H3. The van der Waals surface area contributed by atoms with Gasteiger partial charge in [-0.05, 0) is 222 Å². The zero-order valence-electron chi connectivity index (χ0n) is 48.1. The number of rotatable bonds is 4. The van der Waals surface area contributed by atoms with E-state index in [2.05, 4.69) is 218 Å². The van der Waals surface area contributed by atoms with Crippen molar-refractivity contribution in [2.45, 2.75) is 187 Å². The number of halogens is 1. The van der Waals surface area contributed by atoms with Crippen molar-refractivity contribution >= 4 is 57.2 Å². The average molecular weight is 991 g/mol. The minimum absolute atomic E-state index is 0.00331. The van der Waals surface area contributed by atoms with Crippen LogP contribution in [0.2, 0.25) is 0 Å². The monoisotopic (exact) mass is 991 g/mol. The van der Waals surface area contributed by atoms with Crippen LogP contribution in [0, 0.1) is 12.7 Å². The van der Waals surface area contributed by atoms with Gasteiger partial charge >= 0.3 is 0 Å². The van der Waals surface area contributed by atoms with E-state index in [1.807, 2.05) is 12.1 Å². The number of anilines is 6. The van der Waals surface area contributed by atoms with Crippen LogP contribution in [0.1, 0.15) is 187 Å². The molecule has 3 aliphatic carbocycles. The number of nitrogens with zero attached hydrogens (tertiary/aromatic N) is 2. The lowest BCUT2D eigenvalue weighted by Gasteiger charge is -2.48. The number of hydrogen-bond acceptors (Lipinski definition) is 2. The Balaban J connectivity index is 1.19. The second kappa shape index (κ2) is 16.3. The van der Waals surface area contributed by atoms with E-state index >= 15 is 0 Å². The van der Waals surface area contributed by atoms with Crippen LogP contribution in [0.4, 0.5) is 38.5 Å². The molecule has 5 aliphatic rings. The summed E-state index contributed by atoms with van der Waals surface area (Å²) in [6, 6.07) is 46.6. The van der Waals surface area contributed by atoms with Crippen LogP contribution in [0.3, 0.4) is 0 Å². The largest absolute Gasteiger partial charge is 0.311 e. The van der Waals surface area contributed by atoms with Crippen molar-refractivity contribution in [3.05, 3.63) is 172 Å². The average Bonchev–Trinajstić information content (AvgIpc) is 3.38. The molecule has 0 spiro atoms. The first-order valence-corrected chi connectivity index (χ1v) is 28.4. The van der Waals surface area contributed by atoms with Crippen molar-refractivity contribution in [3.63, 3.8) is 0 Å². The Labute approximate surface area is 450 Å². The van der Waals surface area contributed by atoms with Gasteiger partial charge in [-0.3, -0.25) is 0 Å². The van der Waals surface area contributed by atoms with Gasteiger partial charge < -0.3 is 9.80 Å². The van der Waals surface area contributed by atoms with Crippen LogP contribution >= 0.6 is 0 Å². The van der Waals surface area contributed by atoms with Crippen LogP contribution in [0.25, 0.3) is 22.3 Å². The van der Waals surface area contributed by atoms with E-state index in [-0.39, 0.29) is 50.4 Å². The Kier molecular flexibility index (Phi) is 10.9. The van der Waals surface area contributed by atoms with Crippen LogP contribution < -0.4 is 26.2 Å². The Morgan fingerprint density at radius 1 is 0.400 bits per heavy atom. The second-order valence-electron chi connectivity index (χ2n) is 28.8. The number of fused-ring (bicyclic) bond motifs is 7. The summed E-state index contributed by atoms with van der Waals surface area (Å²) in [7, 11) is 0. The molecule has 2 heterocycles. The van der Waals surface area contributed by atoms with Gasteiger partial charge in [-0.2, -0.15) is 0 Å². The molecule has 0 aromatic heterocycles. The highest BCUT2D eigenvalue weighted by Crippen LogP contribution is 2.56. The molecule has 12 rings (SSSR count). The molecule has 75 heavy (non-hydrogen) atoms. The molecule has 0 amide bonds. The summed E-state index contributed by atoms with van der Waals surface area (Å²) in [5.74, 6) is -0.217. The quantitative estimate of drug-likeness (QED) is 0.162. The van der Waals surface area contributed by atoms with E-state index in [0.717, 1.165) is 36.8 Å². The van der Waals surface area contributed by atoms with Crippen LogP contribution in [0.5, 0.6) is 0 Å². The van der Waals surface area contributed by atoms with Crippen molar-refractivity contribution < 1.29 is 4.39 Å². The van der Waals surface area contributed by atoms with Gasteiger partial charge in [0.05, 0.1) is 5.69 Å². The number of hydrogen-bond donors (Lipinski definition) is 0. The third-order valence-electron chi connectivity index (χ3n) is 19.7. The molecule has 0 bridgehead atoms. The third kappa shape index (κ3) is 7.83. The highest BCUT2D eigenvalue weighted by atomic mass is 19.1. The van der Waals surface area contributed by atoms with Gasteiger partial charge in [0.2, 0.25) is 0 Å². The van der Waals surface area contributed by atoms with Crippen LogP contribution in [0.15, 0.2) is 121 Å². The highest BCUT2D eigenvalue weighted by Gasteiger charge is 2.48. The van der Waals surface area contributed by atoms with Crippen molar-refractivity contribution in [3.8, 4) is 22.3 Å². The second-order valence-corrected chi connectivity index (χ2v) is 28.8. The summed E-state index contributed by atoms with van der Waals surface area (Å²) in [4.78, 5) is 5.41. The predicted molar refractivity (Wildman–Crippen MR) is 321 cm³/mol. The van der Waals surface area contributed by atoms with Crippen molar-refractivity contribution in [2.75, 3.05) is 9.80 Å². The van der Waals surface area contributed by atoms with Crippen molar-refractivity contribution in [2.24, 2.45) is 0 Å². The first-order chi connectivity index (χ1) is 35.1. The zero-order valence-corrected chi connectivity index (χ0v) is 48.1. The smallest absolute Gasteiger partial charge is 0.252 e. The maximum Gasteiger partial charge on any atom is 0.252 e. The van der Waals surface area contributed by atoms with Crippen LogP contribution in [-0.2, 0) is 37.9 Å². The Morgan fingerprint density at radius 2 is 0.840 bits per heavy atom. The molecule has 4 heteroatoms. The van der Waals surface area contributed by atoms with Gasteiger partial charge in [0.15, 0.2) is 0 Å². The molecular formula is C71H80BFN2. The minimum atomic E-state index is -0.217. The molecular weight excluding hydrogens is 911 g/mol. The molecule has 2 nitrogen and oxygen atoms in total. The normalized spacial score (nSPS) is 19.8. The lowest BCUT2D eigenvalue weighted by atomic mass is 9.33. The minimum Gasteiger partial charge on any atom is -0.311 e. The van der Waals surface area contributed by atoms with Gasteiger partial charge in [0.1, 0.15) is 5.82 Å². The lowest BCUT2D eigenvalue weighted by Crippen LogP contribution is -2.62. The Hall–Kier alpha value is -5.87. The van der Waals surface area contributed by atoms with E-state index in [4.69, 9.17) is 0 Å². The zero-order chi connectivity index (χ0) is 53.3. The van der Waals surface area contributed by atoms with Gasteiger partial charge in [-0.15, -0.1) is 0 Å². The Morgan fingerprint density at radius 3 is 1.39 bits per heavy atom. The van der Waals surface area contributed by atoms with E-state index in [9.17, 15) is 4.39 Å². The fraction of sp³-hybridized carbons (Fsp3) is 0.408. The summed E-state index contributed by atoms with van der Waals surface area (Å²) in [5, 5.41) is 0. The van der Waals surface area contributed by atoms with E-state index < -0.39 is 0 Å². The lowest BCUT2D eigenvalue weighted by molar-refractivity contribution is 0.332. The molecule has 0 fully saturated rings. The molecule has 384 valence electrons. The SMILES string of the molecule is Cc1cc2c3c(c1)N(c1cc4c(cc1-c1ccc(-c5ccc(F)cc5)cc1)C(C)(C)CCC4(C)C)c1cc(C(C)(C)C)ccc1B3c1cc3c(cc1N2c1ccc2c(c1)C(C)(C)CCC2(C)C)C(C)(C)CCC3(C)C. The first kappa shape index (κ1) is 50.0. The predicted octanol–water partition coefficient (Wildman–Crippen LogP) is 17.9. The third-order valence-corrected chi connectivity index (χ3v) is 19.7. The van der Waals surface area contributed by atoms with E-state index in [1.165, 1.54) is 119 Å².